The molecule has 1 atom stereocenters. The van der Waals surface area contributed by atoms with Gasteiger partial charge in [-0.05, 0) is 60.4 Å². The standard InChI is InChI=1S/C27H29NO/c1-20(24-17-16-21-10-8-9-15-25(21)18-24)28-27(29)19-26(22-11-4-2-5-12-22)23-13-6-3-7-14-23/h2-7,11-14,16-18,20,26H,8-10,15,19H2,1H3,(H,28,29)/t20-/m0/s1. The van der Waals surface area contributed by atoms with E-state index in [1.807, 2.05) is 36.4 Å². The lowest BCUT2D eigenvalue weighted by Gasteiger charge is -2.22. The Hall–Kier alpha value is -2.87. The predicted molar refractivity (Wildman–Crippen MR) is 119 cm³/mol. The quantitative estimate of drug-likeness (QED) is 0.559. The van der Waals surface area contributed by atoms with Crippen molar-refractivity contribution in [3.63, 3.8) is 0 Å². The Morgan fingerprint density at radius 3 is 2.00 bits per heavy atom. The average Bonchev–Trinajstić information content (AvgIpc) is 2.78. The molecule has 0 heterocycles. The topological polar surface area (TPSA) is 29.1 Å². The van der Waals surface area contributed by atoms with E-state index in [2.05, 4.69) is 54.7 Å². The molecular weight excluding hydrogens is 354 g/mol. The highest BCUT2D eigenvalue weighted by atomic mass is 16.1. The van der Waals surface area contributed by atoms with E-state index in [1.54, 1.807) is 0 Å². The molecule has 1 aliphatic carbocycles. The lowest BCUT2D eigenvalue weighted by atomic mass is 9.88. The summed E-state index contributed by atoms with van der Waals surface area (Å²) in [5.74, 6) is 0.154. The molecule has 0 saturated heterocycles. The van der Waals surface area contributed by atoms with Gasteiger partial charge in [0.2, 0.25) is 5.91 Å². The third kappa shape index (κ3) is 4.76. The smallest absolute Gasteiger partial charge is 0.221 e. The summed E-state index contributed by atoms with van der Waals surface area (Å²) in [5, 5.41) is 3.23. The van der Waals surface area contributed by atoms with Crippen LogP contribution in [0.2, 0.25) is 0 Å². The van der Waals surface area contributed by atoms with Crippen molar-refractivity contribution >= 4 is 5.91 Å². The van der Waals surface area contributed by atoms with Gasteiger partial charge in [0, 0.05) is 12.3 Å². The molecule has 2 nitrogen and oxygen atoms in total. The molecule has 148 valence electrons. The van der Waals surface area contributed by atoms with E-state index in [4.69, 9.17) is 0 Å². The van der Waals surface area contributed by atoms with E-state index < -0.39 is 0 Å². The van der Waals surface area contributed by atoms with Crippen molar-refractivity contribution in [1.29, 1.82) is 0 Å². The lowest BCUT2D eigenvalue weighted by molar-refractivity contribution is -0.121. The summed E-state index contributed by atoms with van der Waals surface area (Å²) < 4.78 is 0. The highest BCUT2D eigenvalue weighted by Crippen LogP contribution is 2.29. The molecule has 0 aromatic heterocycles. The number of benzene rings is 3. The molecule has 1 aliphatic rings. The molecular formula is C27H29NO. The second kappa shape index (κ2) is 9.09. The van der Waals surface area contributed by atoms with Gasteiger partial charge < -0.3 is 5.32 Å². The van der Waals surface area contributed by atoms with Gasteiger partial charge in [-0.15, -0.1) is 0 Å². The van der Waals surface area contributed by atoms with Gasteiger partial charge in [-0.2, -0.15) is 0 Å². The summed E-state index contributed by atoms with van der Waals surface area (Å²) in [4.78, 5) is 13.0. The van der Waals surface area contributed by atoms with Crippen molar-refractivity contribution in [2.75, 3.05) is 0 Å². The molecule has 0 spiro atoms. The fraction of sp³-hybridized carbons (Fsp3) is 0.296. The van der Waals surface area contributed by atoms with E-state index in [0.717, 1.165) is 6.42 Å². The third-order valence-corrected chi connectivity index (χ3v) is 6.04. The average molecular weight is 384 g/mol. The van der Waals surface area contributed by atoms with Crippen LogP contribution in [0.1, 0.15) is 66.0 Å². The highest BCUT2D eigenvalue weighted by molar-refractivity contribution is 5.78. The molecule has 3 aromatic carbocycles. The van der Waals surface area contributed by atoms with Crippen LogP contribution in [0.3, 0.4) is 0 Å². The number of carbonyl (C=O) groups is 1. The van der Waals surface area contributed by atoms with Crippen LogP contribution in [0, 0.1) is 0 Å². The second-order valence-corrected chi connectivity index (χ2v) is 8.10. The Morgan fingerprint density at radius 2 is 1.38 bits per heavy atom. The number of hydrogen-bond donors (Lipinski definition) is 1. The van der Waals surface area contributed by atoms with Crippen molar-refractivity contribution < 1.29 is 4.79 Å². The summed E-state index contributed by atoms with van der Waals surface area (Å²) >= 11 is 0. The van der Waals surface area contributed by atoms with Crippen LogP contribution < -0.4 is 5.32 Å². The van der Waals surface area contributed by atoms with E-state index in [-0.39, 0.29) is 17.9 Å². The maximum absolute atomic E-state index is 13.0. The van der Waals surface area contributed by atoms with E-state index in [1.165, 1.54) is 47.1 Å². The molecule has 0 unspecified atom stereocenters. The minimum atomic E-state index is 0.0157. The number of fused-ring (bicyclic) bond motifs is 1. The number of nitrogens with one attached hydrogen (secondary N) is 1. The largest absolute Gasteiger partial charge is 0.350 e. The molecule has 4 rings (SSSR count). The normalized spacial score (nSPS) is 14.3. The van der Waals surface area contributed by atoms with Gasteiger partial charge in [-0.3, -0.25) is 4.79 Å². The predicted octanol–water partition coefficient (Wildman–Crippen LogP) is 5.96. The third-order valence-electron chi connectivity index (χ3n) is 6.04. The molecule has 29 heavy (non-hydrogen) atoms. The van der Waals surface area contributed by atoms with Crippen LogP contribution >= 0.6 is 0 Å². The Bertz CT molecular complexity index is 909. The second-order valence-electron chi connectivity index (χ2n) is 8.10. The zero-order valence-electron chi connectivity index (χ0n) is 17.1. The molecule has 1 amide bonds. The molecule has 0 aliphatic heterocycles. The van der Waals surface area contributed by atoms with Gasteiger partial charge in [-0.25, -0.2) is 0 Å². The van der Waals surface area contributed by atoms with Crippen molar-refractivity contribution in [2.24, 2.45) is 0 Å². The first-order valence-electron chi connectivity index (χ1n) is 10.7. The van der Waals surface area contributed by atoms with Gasteiger partial charge >= 0.3 is 0 Å². The maximum atomic E-state index is 13.0. The van der Waals surface area contributed by atoms with Crippen LogP contribution in [0.25, 0.3) is 0 Å². The highest BCUT2D eigenvalue weighted by Gasteiger charge is 2.20. The Balaban J connectivity index is 1.48. The molecule has 1 N–H and O–H groups in total. The van der Waals surface area contributed by atoms with Crippen LogP contribution in [-0.4, -0.2) is 5.91 Å². The summed E-state index contributed by atoms with van der Waals surface area (Å²) in [6.07, 6.45) is 5.36. The Labute approximate surface area is 174 Å². The van der Waals surface area contributed by atoms with Gasteiger partial charge in [0.15, 0.2) is 0 Å². The number of hydrogen-bond acceptors (Lipinski definition) is 1. The summed E-state index contributed by atoms with van der Waals surface area (Å²) in [6, 6.07) is 27.4. The van der Waals surface area contributed by atoms with Crippen molar-refractivity contribution in [3.8, 4) is 0 Å². The fourth-order valence-electron chi connectivity index (χ4n) is 4.39. The van der Waals surface area contributed by atoms with Gasteiger partial charge in [0.05, 0.1) is 6.04 Å². The zero-order valence-corrected chi connectivity index (χ0v) is 17.1. The Kier molecular flexibility index (Phi) is 6.09. The molecule has 0 radical (unpaired) electrons. The molecule has 3 aromatic rings. The minimum Gasteiger partial charge on any atom is -0.350 e. The molecule has 0 bridgehead atoms. The summed E-state index contributed by atoms with van der Waals surface area (Å²) in [5.41, 5.74) is 6.49. The van der Waals surface area contributed by atoms with Crippen LogP contribution in [0.4, 0.5) is 0 Å². The Morgan fingerprint density at radius 1 is 0.793 bits per heavy atom. The zero-order chi connectivity index (χ0) is 20.1. The van der Waals surface area contributed by atoms with Crippen LogP contribution in [-0.2, 0) is 17.6 Å². The monoisotopic (exact) mass is 383 g/mol. The van der Waals surface area contributed by atoms with E-state index in [0.29, 0.717) is 6.42 Å². The number of aryl methyl sites for hydroxylation is 2. The molecule has 0 saturated carbocycles. The first kappa shape index (κ1) is 19.4. The van der Waals surface area contributed by atoms with Crippen molar-refractivity contribution in [1.82, 2.24) is 5.32 Å². The van der Waals surface area contributed by atoms with Crippen LogP contribution in [0.15, 0.2) is 78.9 Å². The van der Waals surface area contributed by atoms with Gasteiger partial charge in [0.25, 0.3) is 0 Å². The summed E-state index contributed by atoms with van der Waals surface area (Å²) in [7, 11) is 0. The van der Waals surface area contributed by atoms with E-state index in [9.17, 15) is 4.79 Å². The maximum Gasteiger partial charge on any atom is 0.221 e. The first-order valence-corrected chi connectivity index (χ1v) is 10.7. The molecule has 2 heteroatoms. The van der Waals surface area contributed by atoms with E-state index >= 15 is 0 Å². The van der Waals surface area contributed by atoms with Crippen molar-refractivity contribution in [2.45, 2.75) is 51.0 Å². The minimum absolute atomic E-state index is 0.0157. The fourth-order valence-corrected chi connectivity index (χ4v) is 4.39. The summed E-state index contributed by atoms with van der Waals surface area (Å²) in [6.45, 7) is 2.09. The molecule has 0 fully saturated rings. The number of carbonyl (C=O) groups excluding carboxylic acids is 1. The SMILES string of the molecule is C[C@H](NC(=O)CC(c1ccccc1)c1ccccc1)c1ccc2c(c1)CCCC2. The first-order chi connectivity index (χ1) is 14.2. The van der Waals surface area contributed by atoms with Crippen LogP contribution in [0.5, 0.6) is 0 Å². The van der Waals surface area contributed by atoms with Crippen molar-refractivity contribution in [3.05, 3.63) is 107 Å². The van der Waals surface area contributed by atoms with Gasteiger partial charge in [-0.1, -0.05) is 78.9 Å². The number of amides is 1. The van der Waals surface area contributed by atoms with Gasteiger partial charge in [0.1, 0.15) is 0 Å². The lowest BCUT2D eigenvalue weighted by Crippen LogP contribution is -2.28. The number of rotatable bonds is 6.